The van der Waals surface area contributed by atoms with Crippen LogP contribution in [-0.4, -0.2) is 39.2 Å². The molecule has 9 heteroatoms. The molecule has 1 aliphatic heterocycles. The van der Waals surface area contributed by atoms with E-state index in [0.29, 0.717) is 42.2 Å². The Kier molecular flexibility index (Phi) is 4.70. The van der Waals surface area contributed by atoms with Gasteiger partial charge < -0.3 is 19.4 Å². The summed E-state index contributed by atoms with van der Waals surface area (Å²) < 4.78 is 11.9. The number of urea groups is 1. The molecular formula is C22H21N5O4. The second-order valence-corrected chi connectivity index (χ2v) is 7.34. The number of hydrogen-bond acceptors (Lipinski definition) is 5. The maximum absolute atomic E-state index is 13.0. The second kappa shape index (κ2) is 7.67. The lowest BCUT2D eigenvalue weighted by atomic mass is 10.1. The van der Waals surface area contributed by atoms with Crippen molar-refractivity contribution in [1.29, 1.82) is 0 Å². The minimum absolute atomic E-state index is 0.129. The highest BCUT2D eigenvalue weighted by atomic mass is 16.5. The van der Waals surface area contributed by atoms with Gasteiger partial charge in [-0.3, -0.25) is 9.89 Å². The molecule has 0 spiro atoms. The van der Waals surface area contributed by atoms with Crippen molar-refractivity contribution in [3.63, 3.8) is 0 Å². The minimum atomic E-state index is -0.211. The number of H-pyrrole nitrogens is 1. The van der Waals surface area contributed by atoms with Crippen molar-refractivity contribution in [3.8, 4) is 17.0 Å². The van der Waals surface area contributed by atoms with E-state index in [-0.39, 0.29) is 18.1 Å². The van der Waals surface area contributed by atoms with Gasteiger partial charge >= 0.3 is 6.03 Å². The van der Waals surface area contributed by atoms with Crippen molar-refractivity contribution in [2.75, 3.05) is 13.7 Å². The molecule has 0 radical (unpaired) electrons. The fraction of sp³-hybridized carbons (Fsp3) is 0.227. The summed E-state index contributed by atoms with van der Waals surface area (Å²) in [6, 6.07) is 12.8. The van der Waals surface area contributed by atoms with Gasteiger partial charge in [0.05, 0.1) is 37.9 Å². The van der Waals surface area contributed by atoms with Crippen molar-refractivity contribution in [3.05, 3.63) is 76.1 Å². The lowest BCUT2D eigenvalue weighted by Crippen LogP contribution is -2.44. The summed E-state index contributed by atoms with van der Waals surface area (Å²) in [7, 11) is 1.62. The number of methoxy groups -OCH3 is 1. The van der Waals surface area contributed by atoms with Crippen LogP contribution >= 0.6 is 0 Å². The van der Waals surface area contributed by atoms with Gasteiger partial charge in [0.1, 0.15) is 11.5 Å². The molecule has 9 nitrogen and oxygen atoms in total. The van der Waals surface area contributed by atoms with Crippen LogP contribution in [0.15, 0.2) is 57.9 Å². The fourth-order valence-corrected chi connectivity index (χ4v) is 3.77. The number of aromatic amines is 1. The van der Waals surface area contributed by atoms with Crippen molar-refractivity contribution < 1.29 is 13.9 Å². The molecule has 3 aromatic heterocycles. The molecule has 0 bridgehead atoms. The zero-order valence-corrected chi connectivity index (χ0v) is 16.9. The Balaban J connectivity index is 1.39. The second-order valence-electron chi connectivity index (χ2n) is 7.34. The molecular weight excluding hydrogens is 398 g/mol. The third kappa shape index (κ3) is 3.54. The van der Waals surface area contributed by atoms with E-state index in [1.165, 1.54) is 4.52 Å². The van der Waals surface area contributed by atoms with Crippen LogP contribution in [0.5, 0.6) is 5.75 Å². The van der Waals surface area contributed by atoms with E-state index >= 15 is 0 Å². The lowest BCUT2D eigenvalue weighted by Gasteiger charge is -2.27. The van der Waals surface area contributed by atoms with E-state index in [4.69, 9.17) is 9.15 Å². The number of hydrogen-bond donors (Lipinski definition) is 2. The number of carbonyl (C=O) groups is 1. The molecule has 5 rings (SSSR count). The predicted molar refractivity (Wildman–Crippen MR) is 113 cm³/mol. The molecule has 0 saturated heterocycles. The smallest absolute Gasteiger partial charge is 0.318 e. The van der Waals surface area contributed by atoms with Crippen LogP contribution in [0.4, 0.5) is 4.79 Å². The molecule has 0 saturated carbocycles. The average Bonchev–Trinajstić information content (AvgIpc) is 3.47. The highest BCUT2D eigenvalue weighted by Crippen LogP contribution is 2.23. The maximum Gasteiger partial charge on any atom is 0.318 e. The monoisotopic (exact) mass is 419 g/mol. The van der Waals surface area contributed by atoms with Crippen LogP contribution in [-0.2, 0) is 19.5 Å². The number of rotatable bonds is 4. The van der Waals surface area contributed by atoms with Crippen LogP contribution in [0.3, 0.4) is 0 Å². The maximum atomic E-state index is 13.0. The van der Waals surface area contributed by atoms with Crippen molar-refractivity contribution in [2.24, 2.45) is 0 Å². The quantitative estimate of drug-likeness (QED) is 0.529. The molecule has 1 aromatic carbocycles. The molecule has 4 aromatic rings. The molecule has 4 heterocycles. The van der Waals surface area contributed by atoms with Crippen molar-refractivity contribution in [1.82, 2.24) is 24.8 Å². The summed E-state index contributed by atoms with van der Waals surface area (Å²) in [6.07, 6.45) is 2.02. The predicted octanol–water partition coefficient (Wildman–Crippen LogP) is 2.56. The van der Waals surface area contributed by atoms with Crippen LogP contribution < -0.4 is 15.6 Å². The standard InChI is InChI=1S/C22H21N5O4/c1-30-15-6-4-14(5-7-15)18-11-20-24-19-13-26(9-8-17(19)21(28)27(20)25-18)22(29)23-12-16-3-2-10-31-16/h2-7,10-11,25H,8-9,12-13H2,1H3,(H,23,29). The topological polar surface area (TPSA) is 105 Å². The average molecular weight is 419 g/mol. The van der Waals surface area contributed by atoms with Crippen LogP contribution in [0, 0.1) is 0 Å². The zero-order chi connectivity index (χ0) is 21.4. The van der Waals surface area contributed by atoms with Gasteiger partial charge in [-0.2, -0.15) is 0 Å². The number of ether oxygens (including phenoxy) is 1. The van der Waals surface area contributed by atoms with Gasteiger partial charge in [-0.25, -0.2) is 14.3 Å². The van der Waals surface area contributed by atoms with Gasteiger partial charge in [-0.15, -0.1) is 0 Å². The van der Waals surface area contributed by atoms with E-state index in [0.717, 1.165) is 17.0 Å². The van der Waals surface area contributed by atoms with E-state index in [1.54, 1.807) is 30.4 Å². The molecule has 158 valence electrons. The minimum Gasteiger partial charge on any atom is -0.497 e. The molecule has 0 atom stereocenters. The van der Waals surface area contributed by atoms with Gasteiger partial charge in [0.2, 0.25) is 0 Å². The first-order chi connectivity index (χ1) is 15.1. The first-order valence-electron chi connectivity index (χ1n) is 9.95. The van der Waals surface area contributed by atoms with Crippen LogP contribution in [0.25, 0.3) is 16.9 Å². The number of furan rings is 1. The van der Waals surface area contributed by atoms with Crippen molar-refractivity contribution in [2.45, 2.75) is 19.5 Å². The first-order valence-corrected chi connectivity index (χ1v) is 9.95. The molecule has 31 heavy (non-hydrogen) atoms. The summed E-state index contributed by atoms with van der Waals surface area (Å²) in [6.45, 7) is 1.05. The van der Waals surface area contributed by atoms with E-state index in [2.05, 4.69) is 15.4 Å². The lowest BCUT2D eigenvalue weighted by molar-refractivity contribution is 0.190. The Labute approximate surface area is 177 Å². The molecule has 1 aliphatic rings. The number of amides is 2. The first kappa shape index (κ1) is 19.0. The summed E-state index contributed by atoms with van der Waals surface area (Å²) in [4.78, 5) is 31.9. The van der Waals surface area contributed by atoms with E-state index in [9.17, 15) is 9.59 Å². The Morgan fingerprint density at radius 1 is 1.29 bits per heavy atom. The van der Waals surface area contributed by atoms with E-state index in [1.807, 2.05) is 30.3 Å². The third-order valence-corrected chi connectivity index (χ3v) is 5.45. The Hall–Kier alpha value is -4.01. The molecule has 0 fully saturated rings. The van der Waals surface area contributed by atoms with Crippen molar-refractivity contribution >= 4 is 11.7 Å². The Morgan fingerprint density at radius 3 is 2.87 bits per heavy atom. The summed E-state index contributed by atoms with van der Waals surface area (Å²) in [5.74, 6) is 1.44. The molecule has 0 unspecified atom stereocenters. The van der Waals surface area contributed by atoms with Gasteiger partial charge in [-0.1, -0.05) is 0 Å². The Bertz CT molecular complexity index is 1290. The Morgan fingerprint density at radius 2 is 2.13 bits per heavy atom. The molecule has 2 amide bonds. The van der Waals surface area contributed by atoms with Crippen LogP contribution in [0.1, 0.15) is 17.0 Å². The molecule has 0 aliphatic carbocycles. The molecule has 2 N–H and O–H groups in total. The van der Waals surface area contributed by atoms with Gasteiger partial charge in [-0.05, 0) is 48.4 Å². The number of benzene rings is 1. The fourth-order valence-electron chi connectivity index (χ4n) is 3.77. The third-order valence-electron chi connectivity index (χ3n) is 5.45. The SMILES string of the molecule is COc1ccc(-c2cc3nc4c(c(=O)n3[nH]2)CCN(C(=O)NCc2ccco2)C4)cc1. The summed E-state index contributed by atoms with van der Waals surface area (Å²) in [5.41, 5.74) is 3.36. The normalized spacial score (nSPS) is 13.3. The highest BCUT2D eigenvalue weighted by molar-refractivity contribution is 5.74. The summed E-state index contributed by atoms with van der Waals surface area (Å²) >= 11 is 0. The van der Waals surface area contributed by atoms with Crippen LogP contribution in [0.2, 0.25) is 0 Å². The number of fused-ring (bicyclic) bond motifs is 2. The largest absolute Gasteiger partial charge is 0.497 e. The number of aromatic nitrogens is 3. The number of nitrogens with zero attached hydrogens (tertiary/aromatic N) is 3. The van der Waals surface area contributed by atoms with Gasteiger partial charge in [0.15, 0.2) is 5.65 Å². The number of carbonyl (C=O) groups excluding carboxylic acids is 1. The van der Waals surface area contributed by atoms with Gasteiger partial charge in [0.25, 0.3) is 5.56 Å². The van der Waals surface area contributed by atoms with E-state index < -0.39 is 0 Å². The highest BCUT2D eigenvalue weighted by Gasteiger charge is 2.25. The van der Waals surface area contributed by atoms with Gasteiger partial charge in [0, 0.05) is 18.2 Å². The number of nitrogens with one attached hydrogen (secondary N) is 2. The zero-order valence-electron chi connectivity index (χ0n) is 16.9. The summed E-state index contributed by atoms with van der Waals surface area (Å²) in [5, 5.41) is 5.97.